The van der Waals surface area contributed by atoms with Crippen LogP contribution >= 0.6 is 0 Å². The second-order valence-electron chi connectivity index (χ2n) is 12.9. The molecule has 3 aromatic heterocycles. The summed E-state index contributed by atoms with van der Waals surface area (Å²) in [6.45, 7) is 0. The molecule has 0 aliphatic carbocycles. The predicted molar refractivity (Wildman–Crippen MR) is 205 cm³/mol. The number of hydrogen-bond acceptors (Lipinski definition) is 1. The lowest BCUT2D eigenvalue weighted by Gasteiger charge is -2.13. The molecule has 0 aliphatic rings. The van der Waals surface area contributed by atoms with Gasteiger partial charge in [0.1, 0.15) is 11.2 Å². The SMILES string of the molecule is c1ccc(-n2c3ccccc3c3ccc4c5ccccc5n(-c5ccc(-c6cccc7c6oc6cc8ccccc8cc67)cc5)c4c32)cc1. The van der Waals surface area contributed by atoms with E-state index in [9.17, 15) is 0 Å². The highest BCUT2D eigenvalue weighted by Gasteiger charge is 2.21. The molecule has 0 bridgehead atoms. The standard InChI is InChI=1S/C46H28N2O/c1-2-13-32(14-3-1)47-41-19-8-6-15-35(41)37-25-26-38-36-16-7-9-20-42(36)48(45(38)44(37)47)33-23-21-29(22-24-33)34-17-10-18-39-40-27-30-11-4-5-12-31(30)28-43(40)49-46(34)39/h1-28H. The minimum atomic E-state index is 0.917. The fraction of sp³-hybridized carbons (Fsp3) is 0. The third-order valence-electron chi connectivity index (χ3n) is 10.3. The summed E-state index contributed by atoms with van der Waals surface area (Å²) in [5.41, 5.74) is 11.1. The molecule has 0 saturated carbocycles. The average molecular weight is 625 g/mol. The summed E-state index contributed by atoms with van der Waals surface area (Å²) in [4.78, 5) is 0. The molecule has 0 radical (unpaired) electrons. The van der Waals surface area contributed by atoms with Crippen LogP contribution in [0.5, 0.6) is 0 Å². The van der Waals surface area contributed by atoms with Crippen molar-refractivity contribution in [3.8, 4) is 22.5 Å². The van der Waals surface area contributed by atoms with Gasteiger partial charge in [0.15, 0.2) is 0 Å². The largest absolute Gasteiger partial charge is 0.455 e. The number of benzene rings is 8. The van der Waals surface area contributed by atoms with E-state index < -0.39 is 0 Å². The highest BCUT2D eigenvalue weighted by atomic mass is 16.3. The van der Waals surface area contributed by atoms with Crippen LogP contribution in [0.2, 0.25) is 0 Å². The van der Waals surface area contributed by atoms with Gasteiger partial charge in [0, 0.05) is 49.3 Å². The van der Waals surface area contributed by atoms with Crippen LogP contribution in [-0.4, -0.2) is 9.13 Å². The minimum Gasteiger partial charge on any atom is -0.455 e. The summed E-state index contributed by atoms with van der Waals surface area (Å²) < 4.78 is 11.5. The summed E-state index contributed by atoms with van der Waals surface area (Å²) >= 11 is 0. The quantitative estimate of drug-likeness (QED) is 0.192. The Morgan fingerprint density at radius 1 is 0.367 bits per heavy atom. The molecule has 228 valence electrons. The first-order valence-electron chi connectivity index (χ1n) is 16.8. The zero-order chi connectivity index (χ0) is 32.1. The Hall–Kier alpha value is -6.58. The number of fused-ring (bicyclic) bond motifs is 11. The first-order valence-corrected chi connectivity index (χ1v) is 16.8. The molecular weight excluding hydrogens is 597 g/mol. The van der Waals surface area contributed by atoms with E-state index in [0.717, 1.165) is 44.4 Å². The van der Waals surface area contributed by atoms with Gasteiger partial charge < -0.3 is 13.6 Å². The second kappa shape index (κ2) is 9.96. The number of rotatable bonds is 3. The fourth-order valence-corrected chi connectivity index (χ4v) is 8.11. The van der Waals surface area contributed by atoms with Gasteiger partial charge in [0.05, 0.1) is 22.1 Å². The zero-order valence-corrected chi connectivity index (χ0v) is 26.5. The van der Waals surface area contributed by atoms with Gasteiger partial charge in [0.2, 0.25) is 0 Å². The topological polar surface area (TPSA) is 23.0 Å². The lowest BCUT2D eigenvalue weighted by atomic mass is 10.0. The van der Waals surface area contributed by atoms with Crippen LogP contribution in [0, 0.1) is 0 Å². The van der Waals surface area contributed by atoms with E-state index in [2.05, 4.69) is 179 Å². The molecule has 49 heavy (non-hydrogen) atoms. The van der Waals surface area contributed by atoms with Crippen LogP contribution < -0.4 is 0 Å². The van der Waals surface area contributed by atoms with Gasteiger partial charge in [-0.2, -0.15) is 0 Å². The van der Waals surface area contributed by atoms with Gasteiger partial charge in [-0.25, -0.2) is 0 Å². The van der Waals surface area contributed by atoms with Gasteiger partial charge in [-0.3, -0.25) is 0 Å². The van der Waals surface area contributed by atoms with Crippen molar-refractivity contribution >= 4 is 76.3 Å². The van der Waals surface area contributed by atoms with E-state index in [0.29, 0.717) is 0 Å². The minimum absolute atomic E-state index is 0.917. The number of furan rings is 1. The molecule has 0 fully saturated rings. The van der Waals surface area contributed by atoms with Crippen LogP contribution in [0.4, 0.5) is 0 Å². The Balaban J connectivity index is 1.16. The van der Waals surface area contributed by atoms with Crippen molar-refractivity contribution < 1.29 is 4.42 Å². The first-order chi connectivity index (χ1) is 24.3. The van der Waals surface area contributed by atoms with Crippen molar-refractivity contribution in [2.24, 2.45) is 0 Å². The Kier molecular flexibility index (Phi) is 5.38. The van der Waals surface area contributed by atoms with Gasteiger partial charge in [-0.15, -0.1) is 0 Å². The summed E-state index contributed by atoms with van der Waals surface area (Å²) in [7, 11) is 0. The van der Waals surface area contributed by atoms with E-state index in [1.807, 2.05) is 0 Å². The number of para-hydroxylation sites is 4. The molecule has 8 aromatic carbocycles. The molecular formula is C46H28N2O. The summed E-state index contributed by atoms with van der Waals surface area (Å²) in [6, 6.07) is 61.2. The first kappa shape index (κ1) is 26.5. The van der Waals surface area contributed by atoms with Crippen LogP contribution in [0.1, 0.15) is 0 Å². The molecule has 0 spiro atoms. The lowest BCUT2D eigenvalue weighted by molar-refractivity contribution is 0.670. The van der Waals surface area contributed by atoms with E-state index in [1.165, 1.54) is 54.4 Å². The molecule has 0 unspecified atom stereocenters. The van der Waals surface area contributed by atoms with E-state index >= 15 is 0 Å². The molecule has 11 rings (SSSR count). The number of hydrogen-bond donors (Lipinski definition) is 0. The van der Waals surface area contributed by atoms with Crippen molar-refractivity contribution in [1.29, 1.82) is 0 Å². The molecule has 0 aliphatic heterocycles. The van der Waals surface area contributed by atoms with Gasteiger partial charge >= 0.3 is 0 Å². The second-order valence-corrected chi connectivity index (χ2v) is 12.9. The van der Waals surface area contributed by atoms with Crippen molar-refractivity contribution in [1.82, 2.24) is 9.13 Å². The fourth-order valence-electron chi connectivity index (χ4n) is 8.11. The molecule has 3 nitrogen and oxygen atoms in total. The monoisotopic (exact) mass is 624 g/mol. The molecule has 0 amide bonds. The van der Waals surface area contributed by atoms with Crippen molar-refractivity contribution in [2.75, 3.05) is 0 Å². The Labute approximate surface area is 281 Å². The summed E-state index contributed by atoms with van der Waals surface area (Å²) in [5, 5.41) is 9.68. The van der Waals surface area contributed by atoms with Crippen molar-refractivity contribution in [3.05, 3.63) is 170 Å². The van der Waals surface area contributed by atoms with Crippen LogP contribution in [-0.2, 0) is 0 Å². The van der Waals surface area contributed by atoms with Crippen molar-refractivity contribution in [3.63, 3.8) is 0 Å². The third-order valence-corrected chi connectivity index (χ3v) is 10.3. The predicted octanol–water partition coefficient (Wildman–Crippen LogP) is 12.6. The maximum Gasteiger partial charge on any atom is 0.143 e. The number of aromatic nitrogens is 2. The summed E-state index contributed by atoms with van der Waals surface area (Å²) in [6.07, 6.45) is 0. The van der Waals surface area contributed by atoms with Crippen LogP contribution in [0.3, 0.4) is 0 Å². The zero-order valence-electron chi connectivity index (χ0n) is 26.5. The highest BCUT2D eigenvalue weighted by Crippen LogP contribution is 2.42. The molecule has 0 N–H and O–H groups in total. The average Bonchev–Trinajstić information content (AvgIpc) is 3.82. The molecule has 3 heterocycles. The third kappa shape index (κ3) is 3.73. The highest BCUT2D eigenvalue weighted by molar-refractivity contribution is 6.24. The maximum atomic E-state index is 6.59. The molecule has 11 aromatic rings. The lowest BCUT2D eigenvalue weighted by Crippen LogP contribution is -1.98. The van der Waals surface area contributed by atoms with Gasteiger partial charge in [-0.05, 0) is 64.9 Å². The Morgan fingerprint density at radius 2 is 0.918 bits per heavy atom. The molecule has 3 heteroatoms. The summed E-state index contributed by atoms with van der Waals surface area (Å²) in [5.74, 6) is 0. The van der Waals surface area contributed by atoms with E-state index in [1.54, 1.807) is 0 Å². The Morgan fingerprint density at radius 3 is 1.59 bits per heavy atom. The van der Waals surface area contributed by atoms with E-state index in [4.69, 9.17) is 4.42 Å². The molecule has 0 saturated heterocycles. The van der Waals surface area contributed by atoms with Crippen LogP contribution in [0.15, 0.2) is 174 Å². The molecule has 0 atom stereocenters. The Bertz CT molecular complexity index is 3090. The normalized spacial score (nSPS) is 12.1. The van der Waals surface area contributed by atoms with Crippen molar-refractivity contribution in [2.45, 2.75) is 0 Å². The van der Waals surface area contributed by atoms with E-state index in [-0.39, 0.29) is 0 Å². The van der Waals surface area contributed by atoms with Crippen LogP contribution in [0.25, 0.3) is 98.8 Å². The number of nitrogens with zero attached hydrogens (tertiary/aromatic N) is 2. The van der Waals surface area contributed by atoms with Gasteiger partial charge in [-0.1, -0.05) is 121 Å². The van der Waals surface area contributed by atoms with Gasteiger partial charge in [0.25, 0.3) is 0 Å². The maximum absolute atomic E-state index is 6.59. The smallest absolute Gasteiger partial charge is 0.143 e.